The first-order chi connectivity index (χ1) is 12.3. The molecule has 2 amide bonds. The molecule has 6 nitrogen and oxygen atoms in total. The van der Waals surface area contributed by atoms with Crippen molar-refractivity contribution >= 4 is 39.9 Å². The lowest BCUT2D eigenvalue weighted by molar-refractivity contribution is -0.118. The van der Waals surface area contributed by atoms with E-state index in [0.717, 1.165) is 11.4 Å². The number of benzene rings is 1. The fourth-order valence-electron chi connectivity index (χ4n) is 2.28. The second kappa shape index (κ2) is 9.09. The van der Waals surface area contributed by atoms with Gasteiger partial charge in [0.25, 0.3) is 5.91 Å². The van der Waals surface area contributed by atoms with Crippen molar-refractivity contribution in [3.05, 3.63) is 39.9 Å². The zero-order valence-electron chi connectivity index (χ0n) is 15.2. The van der Waals surface area contributed by atoms with Gasteiger partial charge < -0.3 is 5.32 Å². The molecule has 1 aromatic carbocycles. The lowest BCUT2D eigenvalue weighted by atomic mass is 10.0. The van der Waals surface area contributed by atoms with E-state index < -0.39 is 6.04 Å². The Hall–Kier alpha value is -1.99. The van der Waals surface area contributed by atoms with E-state index in [2.05, 4.69) is 34.7 Å². The van der Waals surface area contributed by atoms with Gasteiger partial charge in [-0.15, -0.1) is 10.2 Å². The predicted octanol–water partition coefficient (Wildman–Crippen LogP) is 3.78. The van der Waals surface area contributed by atoms with Crippen LogP contribution in [0.1, 0.15) is 43.1 Å². The van der Waals surface area contributed by atoms with Gasteiger partial charge in [-0.2, -0.15) is 0 Å². The summed E-state index contributed by atoms with van der Waals surface area (Å²) in [5, 5.41) is 15.5. The lowest BCUT2D eigenvalue weighted by Gasteiger charge is -2.21. The van der Waals surface area contributed by atoms with Crippen molar-refractivity contribution < 1.29 is 9.59 Å². The third-order valence-electron chi connectivity index (χ3n) is 3.62. The van der Waals surface area contributed by atoms with E-state index in [1.54, 1.807) is 24.3 Å². The van der Waals surface area contributed by atoms with Crippen LogP contribution in [0.25, 0.3) is 0 Å². The number of rotatable bonds is 7. The smallest absolute Gasteiger partial charge is 0.251 e. The minimum absolute atomic E-state index is 0.0886. The molecule has 2 aromatic rings. The molecule has 0 saturated carbocycles. The summed E-state index contributed by atoms with van der Waals surface area (Å²) in [6, 6.07) is 5.83. The molecular weight excluding hydrogens is 372 g/mol. The highest BCUT2D eigenvalue weighted by Crippen LogP contribution is 2.19. The van der Waals surface area contributed by atoms with Crippen LogP contribution in [0.4, 0.5) is 5.13 Å². The topological polar surface area (TPSA) is 84.0 Å². The average Bonchev–Trinajstić information content (AvgIpc) is 2.98. The molecule has 26 heavy (non-hydrogen) atoms. The van der Waals surface area contributed by atoms with Gasteiger partial charge in [-0.05, 0) is 36.1 Å². The second-order valence-electron chi connectivity index (χ2n) is 6.79. The number of carbonyl (C=O) groups is 2. The van der Waals surface area contributed by atoms with Gasteiger partial charge in [0, 0.05) is 17.0 Å². The molecule has 8 heteroatoms. The van der Waals surface area contributed by atoms with Gasteiger partial charge in [-0.1, -0.05) is 50.6 Å². The van der Waals surface area contributed by atoms with Gasteiger partial charge in [-0.3, -0.25) is 14.9 Å². The van der Waals surface area contributed by atoms with E-state index >= 15 is 0 Å². The Morgan fingerprint density at radius 1 is 1.12 bits per heavy atom. The molecule has 0 spiro atoms. The Morgan fingerprint density at radius 2 is 1.77 bits per heavy atom. The largest absolute Gasteiger partial charge is 0.340 e. The predicted molar refractivity (Wildman–Crippen MR) is 105 cm³/mol. The zero-order chi connectivity index (χ0) is 19.3. The van der Waals surface area contributed by atoms with Crippen LogP contribution in [-0.4, -0.2) is 28.1 Å². The van der Waals surface area contributed by atoms with Gasteiger partial charge in [0.2, 0.25) is 11.0 Å². The van der Waals surface area contributed by atoms with Gasteiger partial charge in [0.05, 0.1) is 0 Å². The number of nitrogens with zero attached hydrogens (tertiary/aromatic N) is 2. The average molecular weight is 395 g/mol. The summed E-state index contributed by atoms with van der Waals surface area (Å²) in [6.07, 6.45) is 0.814. The fourth-order valence-corrected chi connectivity index (χ4v) is 3.36. The summed E-state index contributed by atoms with van der Waals surface area (Å²) < 4.78 is 0. The lowest BCUT2D eigenvalue weighted by Crippen LogP contribution is -2.47. The van der Waals surface area contributed by atoms with E-state index in [-0.39, 0.29) is 17.7 Å². The van der Waals surface area contributed by atoms with Crippen molar-refractivity contribution in [3.63, 3.8) is 0 Å². The van der Waals surface area contributed by atoms with Crippen LogP contribution in [0.15, 0.2) is 24.3 Å². The first-order valence-electron chi connectivity index (χ1n) is 8.46. The molecule has 0 saturated heterocycles. The highest BCUT2D eigenvalue weighted by atomic mass is 35.5. The third kappa shape index (κ3) is 5.78. The van der Waals surface area contributed by atoms with Crippen molar-refractivity contribution in [1.29, 1.82) is 0 Å². The minimum atomic E-state index is -0.685. The zero-order valence-corrected chi connectivity index (χ0v) is 16.8. The van der Waals surface area contributed by atoms with Crippen molar-refractivity contribution in [2.45, 2.75) is 40.2 Å². The quantitative estimate of drug-likeness (QED) is 0.748. The number of carbonyl (C=O) groups excluding carboxylic acids is 2. The number of halogens is 1. The second-order valence-corrected chi connectivity index (χ2v) is 8.29. The van der Waals surface area contributed by atoms with Crippen molar-refractivity contribution in [1.82, 2.24) is 15.5 Å². The van der Waals surface area contributed by atoms with Gasteiger partial charge in [0.15, 0.2) is 0 Å². The van der Waals surface area contributed by atoms with E-state index in [9.17, 15) is 9.59 Å². The number of amides is 2. The first kappa shape index (κ1) is 20.3. The standard InChI is InChI=1S/C18H23ClN4O2S/c1-10(2)9-14-22-23-18(26-14)21-17(25)15(11(3)4)20-16(24)12-5-7-13(19)8-6-12/h5-8,10-11,15H,9H2,1-4H3,(H,20,24)(H,21,23,25). The maximum atomic E-state index is 12.6. The van der Waals surface area contributed by atoms with Crippen LogP contribution in [-0.2, 0) is 11.2 Å². The van der Waals surface area contributed by atoms with Crippen molar-refractivity contribution in [2.24, 2.45) is 11.8 Å². The van der Waals surface area contributed by atoms with Crippen LogP contribution < -0.4 is 10.6 Å². The molecule has 0 aliphatic heterocycles. The minimum Gasteiger partial charge on any atom is -0.340 e. The molecule has 1 atom stereocenters. The molecule has 0 fully saturated rings. The van der Waals surface area contributed by atoms with Crippen LogP contribution >= 0.6 is 22.9 Å². The summed E-state index contributed by atoms with van der Waals surface area (Å²) in [7, 11) is 0. The molecule has 0 aliphatic rings. The highest BCUT2D eigenvalue weighted by Gasteiger charge is 2.25. The van der Waals surface area contributed by atoms with Crippen LogP contribution in [0.5, 0.6) is 0 Å². The van der Waals surface area contributed by atoms with E-state index in [1.165, 1.54) is 11.3 Å². The van der Waals surface area contributed by atoms with Gasteiger partial charge in [0.1, 0.15) is 11.0 Å². The summed E-state index contributed by atoms with van der Waals surface area (Å²) in [6.45, 7) is 7.94. The molecule has 2 N–H and O–H groups in total. The van der Waals surface area contributed by atoms with Crippen LogP contribution in [0.2, 0.25) is 5.02 Å². The van der Waals surface area contributed by atoms with Crippen molar-refractivity contribution in [2.75, 3.05) is 5.32 Å². The number of anilines is 1. The molecule has 0 aliphatic carbocycles. The Bertz CT molecular complexity index is 759. The maximum Gasteiger partial charge on any atom is 0.251 e. The van der Waals surface area contributed by atoms with E-state index in [4.69, 9.17) is 11.6 Å². The number of aromatic nitrogens is 2. The van der Waals surface area contributed by atoms with E-state index in [0.29, 0.717) is 21.6 Å². The maximum absolute atomic E-state index is 12.6. The monoisotopic (exact) mass is 394 g/mol. The molecule has 1 aromatic heterocycles. The Morgan fingerprint density at radius 3 is 2.35 bits per heavy atom. The molecule has 140 valence electrons. The summed E-state index contributed by atoms with van der Waals surface area (Å²) >= 11 is 7.19. The Kier molecular flexibility index (Phi) is 7.11. The SMILES string of the molecule is CC(C)Cc1nnc(NC(=O)C(NC(=O)c2ccc(Cl)cc2)C(C)C)s1. The molecule has 0 radical (unpaired) electrons. The third-order valence-corrected chi connectivity index (χ3v) is 4.73. The van der Waals surface area contributed by atoms with Gasteiger partial charge >= 0.3 is 0 Å². The molecule has 0 bridgehead atoms. The molecule has 1 heterocycles. The Balaban J connectivity index is 2.03. The Labute approximate surface area is 162 Å². The number of hydrogen-bond donors (Lipinski definition) is 2. The van der Waals surface area contributed by atoms with Crippen LogP contribution in [0.3, 0.4) is 0 Å². The molecular formula is C18H23ClN4O2S. The molecule has 2 rings (SSSR count). The van der Waals surface area contributed by atoms with Crippen molar-refractivity contribution in [3.8, 4) is 0 Å². The number of hydrogen-bond acceptors (Lipinski definition) is 5. The van der Waals surface area contributed by atoms with Gasteiger partial charge in [-0.25, -0.2) is 0 Å². The summed E-state index contributed by atoms with van der Waals surface area (Å²) in [4.78, 5) is 25.0. The first-order valence-corrected chi connectivity index (χ1v) is 9.65. The normalized spacial score (nSPS) is 12.3. The highest BCUT2D eigenvalue weighted by molar-refractivity contribution is 7.15. The summed E-state index contributed by atoms with van der Waals surface area (Å²) in [5.41, 5.74) is 0.447. The van der Waals surface area contributed by atoms with E-state index in [1.807, 2.05) is 13.8 Å². The summed E-state index contributed by atoms with van der Waals surface area (Å²) in [5.74, 6) is -0.259. The molecule has 1 unspecified atom stereocenters. The fraction of sp³-hybridized carbons (Fsp3) is 0.444. The number of nitrogens with one attached hydrogen (secondary N) is 2. The van der Waals surface area contributed by atoms with Crippen LogP contribution in [0, 0.1) is 11.8 Å².